The van der Waals surface area contributed by atoms with Crippen LogP contribution in [0, 0.1) is 0 Å². The molecule has 0 spiro atoms. The van der Waals surface area contributed by atoms with Gasteiger partial charge in [-0.25, -0.2) is 9.78 Å². The second-order valence-corrected chi connectivity index (χ2v) is 10.8. The Balaban J connectivity index is 1.27. The molecule has 0 unspecified atom stereocenters. The van der Waals surface area contributed by atoms with Gasteiger partial charge in [-0.3, -0.25) is 14.0 Å². The summed E-state index contributed by atoms with van der Waals surface area (Å²) in [6.45, 7) is 1.23. The summed E-state index contributed by atoms with van der Waals surface area (Å²) < 4.78 is 1.72. The van der Waals surface area contributed by atoms with Gasteiger partial charge in [-0.15, -0.1) is 0 Å². The Labute approximate surface area is 226 Å². The van der Waals surface area contributed by atoms with Crippen molar-refractivity contribution < 1.29 is 19.5 Å². The fourth-order valence-corrected chi connectivity index (χ4v) is 5.89. The van der Waals surface area contributed by atoms with Crippen molar-refractivity contribution in [2.75, 3.05) is 19.6 Å². The molecular weight excluding hydrogens is 506 g/mol. The Morgan fingerprint density at radius 3 is 2.55 bits per heavy atom. The van der Waals surface area contributed by atoms with Crippen molar-refractivity contribution in [2.24, 2.45) is 0 Å². The maximum Gasteiger partial charge on any atom is 0.407 e. The molecule has 3 heterocycles. The van der Waals surface area contributed by atoms with Crippen LogP contribution < -0.4 is 10.6 Å². The van der Waals surface area contributed by atoms with Crippen molar-refractivity contribution in [3.63, 3.8) is 0 Å². The Kier molecular flexibility index (Phi) is 7.56. The highest BCUT2D eigenvalue weighted by molar-refractivity contribution is 6.30. The van der Waals surface area contributed by atoms with E-state index in [0.29, 0.717) is 41.6 Å². The normalized spacial score (nSPS) is 18.9. The molecule has 38 heavy (non-hydrogen) atoms. The number of benzene rings is 1. The van der Waals surface area contributed by atoms with Crippen molar-refractivity contribution in [1.29, 1.82) is 0 Å². The van der Waals surface area contributed by atoms with E-state index in [-0.39, 0.29) is 36.2 Å². The summed E-state index contributed by atoms with van der Waals surface area (Å²) in [4.78, 5) is 42.9. The summed E-state index contributed by atoms with van der Waals surface area (Å²) in [5.74, 6) is -0.415. The van der Waals surface area contributed by atoms with Crippen molar-refractivity contribution in [3.05, 3.63) is 70.6 Å². The lowest BCUT2D eigenvalue weighted by Gasteiger charge is -2.38. The number of carbonyl (C=O) groups excluding carboxylic acids is 2. The van der Waals surface area contributed by atoms with E-state index in [0.717, 1.165) is 25.7 Å². The monoisotopic (exact) mass is 537 g/mol. The third kappa shape index (κ3) is 5.62. The van der Waals surface area contributed by atoms with Gasteiger partial charge in [0.25, 0.3) is 5.91 Å². The maximum absolute atomic E-state index is 13.4. The van der Waals surface area contributed by atoms with Gasteiger partial charge in [-0.1, -0.05) is 49.1 Å². The number of hydrogen-bond donors (Lipinski definition) is 3. The van der Waals surface area contributed by atoms with Crippen molar-refractivity contribution in [3.8, 4) is 0 Å². The van der Waals surface area contributed by atoms with Crippen LogP contribution in [0.15, 0.2) is 48.7 Å². The molecule has 1 aliphatic carbocycles. The van der Waals surface area contributed by atoms with Gasteiger partial charge < -0.3 is 20.6 Å². The number of nitrogens with zero attached hydrogens (tertiary/aromatic N) is 3. The summed E-state index contributed by atoms with van der Waals surface area (Å²) in [6, 6.07) is 13.1. The molecule has 1 aliphatic heterocycles. The second-order valence-electron chi connectivity index (χ2n) is 10.4. The molecule has 3 N–H and O–H groups in total. The molecule has 3 amide bonds. The van der Waals surface area contributed by atoms with E-state index in [1.54, 1.807) is 28.8 Å². The number of carboxylic acid groups (broad SMARTS) is 1. The Bertz CT molecular complexity index is 1330. The zero-order chi connectivity index (χ0) is 26.7. The Morgan fingerprint density at radius 1 is 1.08 bits per heavy atom. The van der Waals surface area contributed by atoms with Crippen LogP contribution >= 0.6 is 11.6 Å². The van der Waals surface area contributed by atoms with Gasteiger partial charge >= 0.3 is 6.09 Å². The minimum absolute atomic E-state index is 0.0476. The van der Waals surface area contributed by atoms with Crippen LogP contribution in [0.3, 0.4) is 0 Å². The fraction of sp³-hybridized carbons (Fsp3) is 0.429. The largest absolute Gasteiger partial charge is 0.465 e. The van der Waals surface area contributed by atoms with Crippen LogP contribution in [0.25, 0.3) is 5.65 Å². The van der Waals surface area contributed by atoms with E-state index in [4.69, 9.17) is 16.7 Å². The molecule has 1 atom stereocenters. The molecular formula is C28H32ClN5O4. The second kappa shape index (κ2) is 11.0. The van der Waals surface area contributed by atoms with E-state index in [9.17, 15) is 14.4 Å². The summed E-state index contributed by atoms with van der Waals surface area (Å²) in [7, 11) is 0. The smallest absolute Gasteiger partial charge is 0.407 e. The van der Waals surface area contributed by atoms with Crippen LogP contribution in [-0.4, -0.2) is 63.0 Å². The van der Waals surface area contributed by atoms with E-state index in [1.807, 2.05) is 12.1 Å². The molecule has 1 saturated carbocycles. The Hall–Kier alpha value is -3.59. The van der Waals surface area contributed by atoms with Crippen molar-refractivity contribution >= 4 is 35.2 Å². The molecule has 1 saturated heterocycles. The zero-order valence-electron chi connectivity index (χ0n) is 21.2. The number of likely N-dealkylation sites (tertiary alicyclic amines) is 1. The molecule has 3 aromatic rings. The van der Waals surface area contributed by atoms with Gasteiger partial charge in [-0.05, 0) is 49.1 Å². The molecule has 10 heteroatoms. The molecule has 1 aromatic carbocycles. The van der Waals surface area contributed by atoms with E-state index >= 15 is 0 Å². The fourth-order valence-electron chi connectivity index (χ4n) is 5.77. The standard InChI is InChI=1S/C28H32ClN5O4/c29-20-9-7-19(8-10-20)28(12-2-1-3-13-28)18-30-26(36)23-5-4-6-24-31-22(17-34(23)24)15-25(35)32-21-11-14-33(16-21)27(37)38/h4-10,17,21H,1-3,11-16,18H2,(H,30,36)(H,32,35)(H,37,38)/t21-/m1/s1. The van der Waals surface area contributed by atoms with Gasteiger partial charge in [0.05, 0.1) is 12.1 Å². The highest BCUT2D eigenvalue weighted by Crippen LogP contribution is 2.39. The molecule has 2 aliphatic rings. The van der Waals surface area contributed by atoms with Crippen LogP contribution in [0.4, 0.5) is 4.79 Å². The van der Waals surface area contributed by atoms with E-state index in [1.165, 1.54) is 16.9 Å². The number of carbonyl (C=O) groups is 3. The predicted octanol–water partition coefficient (Wildman–Crippen LogP) is 4.03. The molecule has 9 nitrogen and oxygen atoms in total. The van der Waals surface area contributed by atoms with Gasteiger partial charge in [0, 0.05) is 42.3 Å². The first-order valence-electron chi connectivity index (χ1n) is 13.1. The molecule has 5 rings (SSSR count). The van der Waals surface area contributed by atoms with E-state index in [2.05, 4.69) is 27.8 Å². The van der Waals surface area contributed by atoms with Gasteiger partial charge in [0.15, 0.2) is 0 Å². The summed E-state index contributed by atoms with van der Waals surface area (Å²) in [5.41, 5.74) is 2.66. The van der Waals surface area contributed by atoms with Gasteiger partial charge in [0.1, 0.15) is 11.3 Å². The molecule has 0 radical (unpaired) electrons. The number of pyridine rings is 1. The topological polar surface area (TPSA) is 116 Å². The number of amides is 3. The number of aromatic nitrogens is 2. The third-order valence-corrected chi connectivity index (χ3v) is 8.05. The maximum atomic E-state index is 13.4. The summed E-state index contributed by atoms with van der Waals surface area (Å²) in [6.07, 6.45) is 6.84. The number of rotatable bonds is 7. The summed E-state index contributed by atoms with van der Waals surface area (Å²) >= 11 is 6.13. The highest BCUT2D eigenvalue weighted by Gasteiger charge is 2.34. The lowest BCUT2D eigenvalue weighted by Crippen LogP contribution is -2.42. The van der Waals surface area contributed by atoms with Crippen LogP contribution in [0.1, 0.15) is 60.3 Å². The molecule has 0 bridgehead atoms. The first-order chi connectivity index (χ1) is 18.3. The first-order valence-corrected chi connectivity index (χ1v) is 13.5. The quantitative estimate of drug-likeness (QED) is 0.421. The number of halogens is 1. The van der Waals surface area contributed by atoms with Crippen molar-refractivity contribution in [2.45, 2.75) is 56.4 Å². The predicted molar refractivity (Wildman–Crippen MR) is 144 cm³/mol. The molecule has 2 fully saturated rings. The minimum Gasteiger partial charge on any atom is -0.465 e. The number of nitrogens with one attached hydrogen (secondary N) is 2. The third-order valence-electron chi connectivity index (χ3n) is 7.79. The van der Waals surface area contributed by atoms with E-state index < -0.39 is 6.09 Å². The highest BCUT2D eigenvalue weighted by atomic mass is 35.5. The zero-order valence-corrected chi connectivity index (χ0v) is 21.9. The Morgan fingerprint density at radius 2 is 1.84 bits per heavy atom. The van der Waals surface area contributed by atoms with Crippen molar-refractivity contribution in [1.82, 2.24) is 24.9 Å². The number of imidazole rings is 1. The average molecular weight is 538 g/mol. The minimum atomic E-state index is -0.976. The molecule has 200 valence electrons. The van der Waals surface area contributed by atoms with Gasteiger partial charge in [-0.2, -0.15) is 0 Å². The van der Waals surface area contributed by atoms with Crippen LogP contribution in [-0.2, 0) is 16.6 Å². The first kappa shape index (κ1) is 26.0. The number of hydrogen-bond acceptors (Lipinski definition) is 4. The van der Waals surface area contributed by atoms with Crippen LogP contribution in [0.5, 0.6) is 0 Å². The lowest BCUT2D eigenvalue weighted by atomic mass is 9.69. The lowest BCUT2D eigenvalue weighted by molar-refractivity contribution is -0.121. The van der Waals surface area contributed by atoms with Gasteiger partial charge in [0.2, 0.25) is 5.91 Å². The summed E-state index contributed by atoms with van der Waals surface area (Å²) in [5, 5.41) is 15.9. The van der Waals surface area contributed by atoms with Crippen LogP contribution in [0.2, 0.25) is 5.02 Å². The average Bonchev–Trinajstić information content (AvgIpc) is 3.54. The number of fused-ring (bicyclic) bond motifs is 1. The SMILES string of the molecule is O=C(Cc1cn2c(C(=O)NCC3(c4ccc(Cl)cc4)CCCCC3)cccc2n1)N[C@@H]1CCN(C(=O)O)C1. The molecule has 2 aromatic heterocycles.